The zero-order valence-corrected chi connectivity index (χ0v) is 18.0. The molecule has 5 aliphatic rings. The van der Waals surface area contributed by atoms with E-state index in [0.717, 1.165) is 30.4 Å². The molecule has 2 aliphatic heterocycles. The number of aromatic hydroxyl groups is 1. The highest BCUT2D eigenvalue weighted by Gasteiger charge is 2.76. The highest BCUT2D eigenvalue weighted by Crippen LogP contribution is 2.66. The molecule has 166 valence electrons. The van der Waals surface area contributed by atoms with Gasteiger partial charge in [-0.1, -0.05) is 13.0 Å². The van der Waals surface area contributed by atoms with Crippen molar-refractivity contribution in [3.63, 3.8) is 0 Å². The van der Waals surface area contributed by atoms with Crippen molar-refractivity contribution in [2.45, 2.75) is 81.4 Å². The van der Waals surface area contributed by atoms with E-state index in [9.17, 15) is 19.9 Å². The van der Waals surface area contributed by atoms with Crippen molar-refractivity contribution in [2.75, 3.05) is 13.1 Å². The van der Waals surface area contributed by atoms with Gasteiger partial charge in [-0.2, -0.15) is 0 Å². The fourth-order valence-electron chi connectivity index (χ4n) is 7.38. The summed E-state index contributed by atoms with van der Waals surface area (Å²) in [6.07, 6.45) is 4.36. The van der Waals surface area contributed by atoms with E-state index in [4.69, 9.17) is 4.74 Å². The van der Waals surface area contributed by atoms with Gasteiger partial charge in [0.25, 0.3) is 0 Å². The van der Waals surface area contributed by atoms with Gasteiger partial charge >= 0.3 is 0 Å². The molecular formula is C24H30N2O5. The molecule has 0 aromatic heterocycles. The van der Waals surface area contributed by atoms with Gasteiger partial charge in [0, 0.05) is 37.2 Å². The number of Topliss-reactive ketones (excluding diaryl/α,β-unsaturated/α-hetero) is 1. The molecule has 0 radical (unpaired) electrons. The number of rotatable bonds is 5. The van der Waals surface area contributed by atoms with E-state index in [1.165, 1.54) is 0 Å². The molecule has 3 fully saturated rings. The normalized spacial score (nSPS) is 39.6. The largest absolute Gasteiger partial charge is 0.633 e. The van der Waals surface area contributed by atoms with Crippen LogP contribution in [0, 0.1) is 11.1 Å². The molecular weight excluding hydrogens is 396 g/mol. The third kappa shape index (κ3) is 2.36. The first-order valence-corrected chi connectivity index (χ1v) is 11.8. The molecule has 7 nitrogen and oxygen atoms in total. The number of amides is 1. The molecule has 7 heteroatoms. The lowest BCUT2D eigenvalue weighted by atomic mass is 9.47. The first-order valence-electron chi connectivity index (χ1n) is 11.8. The summed E-state index contributed by atoms with van der Waals surface area (Å²) in [4.78, 5) is 26.2. The van der Waals surface area contributed by atoms with Crippen LogP contribution < -0.4 is 10.1 Å². The highest BCUT2D eigenvalue weighted by atomic mass is 16.6. The number of hydrogen-bond acceptors (Lipinski definition) is 5. The number of ketones is 1. The van der Waals surface area contributed by atoms with E-state index in [1.807, 2.05) is 13.0 Å². The van der Waals surface area contributed by atoms with Crippen molar-refractivity contribution in [3.05, 3.63) is 28.5 Å². The number of phenolic OH excluding ortho intramolecular Hbond substituents is 1. The zero-order valence-electron chi connectivity index (χ0n) is 18.0. The summed E-state index contributed by atoms with van der Waals surface area (Å²) >= 11 is 0. The number of ether oxygens (including phenoxy) is 1. The van der Waals surface area contributed by atoms with E-state index >= 15 is 0 Å². The zero-order chi connectivity index (χ0) is 21.6. The number of nitrogens with zero attached hydrogens (tertiary/aromatic N) is 1. The molecule has 1 unspecified atom stereocenters. The molecule has 2 N–H and O–H groups in total. The van der Waals surface area contributed by atoms with Crippen LogP contribution in [0.25, 0.3) is 0 Å². The van der Waals surface area contributed by atoms with Crippen LogP contribution in [-0.2, 0) is 21.4 Å². The van der Waals surface area contributed by atoms with Crippen LogP contribution in [0.15, 0.2) is 12.1 Å². The monoisotopic (exact) mass is 426 g/mol. The van der Waals surface area contributed by atoms with Gasteiger partial charge < -0.3 is 25.0 Å². The fraction of sp³-hybridized carbons (Fsp3) is 0.667. The first kappa shape index (κ1) is 19.6. The highest BCUT2D eigenvalue weighted by molar-refractivity contribution is 5.91. The van der Waals surface area contributed by atoms with Crippen molar-refractivity contribution in [1.29, 1.82) is 0 Å². The molecule has 2 bridgehead atoms. The van der Waals surface area contributed by atoms with Gasteiger partial charge in [0.05, 0.1) is 18.5 Å². The number of carbonyl (C=O) groups is 2. The van der Waals surface area contributed by atoms with Gasteiger partial charge in [0.2, 0.25) is 5.91 Å². The molecule has 1 aromatic carbocycles. The van der Waals surface area contributed by atoms with Crippen molar-refractivity contribution in [2.24, 2.45) is 5.92 Å². The number of phenols is 1. The number of carbonyl (C=O) groups excluding carboxylic acids is 2. The standard InChI is InChI=1S/C24H30N2O5/c1-2-3-19(29)25-24-9-8-17(28)22-23(24)10-11-26(30,13-14-4-5-14)18(24)12-15-6-7-16(27)21(31-22)20(15)23/h6-7,14,18,22,27H,2-5,8-13H2,1H3,(H,25,29)/t18-,22+,23+,24-,26?/m1/s1. The second-order valence-corrected chi connectivity index (χ2v) is 10.4. The Bertz CT molecular complexity index is 990. The number of benzene rings is 1. The molecule has 1 spiro atoms. The number of quaternary nitrogens is 1. The van der Waals surface area contributed by atoms with Crippen molar-refractivity contribution < 1.29 is 24.1 Å². The number of piperidine rings is 1. The van der Waals surface area contributed by atoms with Crippen LogP contribution in [0.3, 0.4) is 0 Å². The summed E-state index contributed by atoms with van der Waals surface area (Å²) in [6, 6.07) is 3.16. The lowest BCUT2D eigenvalue weighted by Gasteiger charge is -2.69. The Morgan fingerprint density at radius 1 is 1.35 bits per heavy atom. The predicted octanol–water partition coefficient (Wildman–Crippen LogP) is 2.46. The average molecular weight is 427 g/mol. The number of nitrogens with one attached hydrogen (secondary N) is 1. The summed E-state index contributed by atoms with van der Waals surface area (Å²) in [5.41, 5.74) is 0.271. The van der Waals surface area contributed by atoms with Crippen LogP contribution in [0.4, 0.5) is 0 Å². The van der Waals surface area contributed by atoms with Gasteiger partial charge in [0.1, 0.15) is 11.6 Å². The Labute approximate surface area is 181 Å². The average Bonchev–Trinajstić information content (AvgIpc) is 3.45. The molecule has 3 aliphatic carbocycles. The third-order valence-corrected chi connectivity index (χ3v) is 8.75. The van der Waals surface area contributed by atoms with E-state index < -0.39 is 17.1 Å². The van der Waals surface area contributed by atoms with Crippen LogP contribution in [0.5, 0.6) is 11.5 Å². The number of hydroxylamine groups is 3. The molecule has 1 aromatic rings. The molecule has 1 saturated heterocycles. The molecule has 2 heterocycles. The van der Waals surface area contributed by atoms with Gasteiger partial charge in [0.15, 0.2) is 23.4 Å². The van der Waals surface area contributed by atoms with Crippen molar-refractivity contribution >= 4 is 11.7 Å². The Hall–Kier alpha value is -2.12. The van der Waals surface area contributed by atoms with E-state index in [2.05, 4.69) is 5.32 Å². The van der Waals surface area contributed by atoms with E-state index in [0.29, 0.717) is 50.4 Å². The van der Waals surface area contributed by atoms with E-state index in [1.54, 1.807) is 6.07 Å². The maximum absolute atomic E-state index is 14.4. The summed E-state index contributed by atoms with van der Waals surface area (Å²) in [6.45, 7) is 2.98. The fourth-order valence-corrected chi connectivity index (χ4v) is 7.38. The quantitative estimate of drug-likeness (QED) is 0.557. The van der Waals surface area contributed by atoms with Gasteiger partial charge in [-0.15, -0.1) is 0 Å². The lowest BCUT2D eigenvalue weighted by molar-refractivity contribution is -0.920. The predicted molar refractivity (Wildman–Crippen MR) is 112 cm³/mol. The van der Waals surface area contributed by atoms with Crippen LogP contribution >= 0.6 is 0 Å². The molecule has 6 rings (SSSR count). The van der Waals surface area contributed by atoms with Crippen molar-refractivity contribution in [3.8, 4) is 11.5 Å². The Balaban J connectivity index is 1.59. The molecule has 5 atom stereocenters. The smallest absolute Gasteiger partial charge is 0.220 e. The molecule has 2 saturated carbocycles. The van der Waals surface area contributed by atoms with Crippen molar-refractivity contribution in [1.82, 2.24) is 5.32 Å². The minimum absolute atomic E-state index is 0.00987. The van der Waals surface area contributed by atoms with Crippen LogP contribution in [0.2, 0.25) is 0 Å². The van der Waals surface area contributed by atoms with Gasteiger partial charge in [-0.05, 0) is 37.3 Å². The number of likely N-dealkylation sites (tertiary alicyclic amines) is 1. The topological polar surface area (TPSA) is 98.7 Å². The van der Waals surface area contributed by atoms with Gasteiger partial charge in [-0.25, -0.2) is 0 Å². The van der Waals surface area contributed by atoms with Crippen LogP contribution in [-0.4, -0.2) is 52.2 Å². The maximum atomic E-state index is 14.4. The SMILES string of the molecule is CCCC(=O)N[C@@]12CCC(=O)[C@@H]3Oc4c(O)ccc5c4[C@@]31CC[N+]([O-])(CC1CC1)[C@@H]2C5. The summed E-state index contributed by atoms with van der Waals surface area (Å²) in [7, 11) is 0. The summed E-state index contributed by atoms with van der Waals surface area (Å²) in [5.74, 6) is 0.840. The molecule has 31 heavy (non-hydrogen) atoms. The summed E-state index contributed by atoms with van der Waals surface area (Å²) < 4.78 is 5.89. The first-order chi connectivity index (χ1) is 14.8. The maximum Gasteiger partial charge on any atom is 0.220 e. The Morgan fingerprint density at radius 3 is 2.90 bits per heavy atom. The van der Waals surface area contributed by atoms with Gasteiger partial charge in [-0.3, -0.25) is 9.59 Å². The van der Waals surface area contributed by atoms with E-state index in [-0.39, 0.29) is 34.5 Å². The lowest BCUT2D eigenvalue weighted by Crippen LogP contribution is -2.85. The third-order valence-electron chi connectivity index (χ3n) is 8.75. The Morgan fingerprint density at radius 2 is 2.16 bits per heavy atom. The molecule has 1 amide bonds. The minimum atomic E-state index is -0.821. The second kappa shape index (κ2) is 6.23. The Kier molecular flexibility index (Phi) is 3.93. The second-order valence-electron chi connectivity index (χ2n) is 10.4. The number of hydrogen-bond donors (Lipinski definition) is 2. The van der Waals surface area contributed by atoms with Crippen LogP contribution in [0.1, 0.15) is 63.0 Å². The minimum Gasteiger partial charge on any atom is -0.633 e. The summed E-state index contributed by atoms with van der Waals surface area (Å²) in [5, 5.41) is 28.3.